The number of piperidine rings is 1. The lowest BCUT2D eigenvalue weighted by Crippen LogP contribution is -2.29. The average molecular weight is 605 g/mol. The molecule has 4 heterocycles. The number of fused-ring (bicyclic) bond motifs is 1. The number of nitrogens with one attached hydrogen (secondary N) is 1. The van der Waals surface area contributed by atoms with E-state index in [0.717, 1.165) is 61.3 Å². The van der Waals surface area contributed by atoms with Gasteiger partial charge in [-0.15, -0.1) is 0 Å². The predicted molar refractivity (Wildman–Crippen MR) is 180 cm³/mol. The molecule has 0 bridgehead atoms. The first-order valence-corrected chi connectivity index (χ1v) is 15.8. The number of likely N-dealkylation sites (N-methyl/N-ethyl adjacent to an activating group) is 1. The van der Waals surface area contributed by atoms with E-state index in [1.165, 1.54) is 17.5 Å². The molecule has 0 radical (unpaired) electrons. The fraction of sp³-hybridized carbons (Fsp3) is 0.306. The molecule has 224 valence electrons. The number of rotatable bonds is 6. The lowest BCUT2D eigenvalue weighted by atomic mass is 9.88. The van der Waals surface area contributed by atoms with Crippen molar-refractivity contribution in [3.63, 3.8) is 0 Å². The molecule has 0 aliphatic carbocycles. The Labute approximate surface area is 263 Å². The zero-order chi connectivity index (χ0) is 30.2. The number of likely N-dealkylation sites (tertiary alicyclic amines) is 2. The summed E-state index contributed by atoms with van der Waals surface area (Å²) in [6.45, 7) is 4.39. The minimum absolute atomic E-state index is 0.173. The number of pyridine rings is 1. The summed E-state index contributed by atoms with van der Waals surface area (Å²) in [5.74, 6) is 1.48. The van der Waals surface area contributed by atoms with E-state index in [4.69, 9.17) is 16.6 Å². The Balaban J connectivity index is 1.24. The first kappa shape index (κ1) is 28.7. The second-order valence-electron chi connectivity index (χ2n) is 12.3. The van der Waals surface area contributed by atoms with Crippen molar-refractivity contribution >= 4 is 34.3 Å². The number of hydrogen-bond acceptors (Lipinski definition) is 6. The van der Waals surface area contributed by atoms with Crippen LogP contribution in [0.5, 0.6) is 0 Å². The van der Waals surface area contributed by atoms with E-state index < -0.39 is 0 Å². The monoisotopic (exact) mass is 604 g/mol. The summed E-state index contributed by atoms with van der Waals surface area (Å²) in [6.07, 6.45) is 5.18. The molecule has 2 fully saturated rings. The quantitative estimate of drug-likeness (QED) is 0.224. The molecular formula is C36H37ClN6O. The average Bonchev–Trinajstić information content (AvgIpc) is 3.48. The van der Waals surface area contributed by atoms with Gasteiger partial charge in [-0.3, -0.25) is 9.36 Å². The molecule has 2 aliphatic heterocycles. The maximum atomic E-state index is 14.2. The highest BCUT2D eigenvalue weighted by Gasteiger charge is 2.22. The van der Waals surface area contributed by atoms with Crippen molar-refractivity contribution < 1.29 is 0 Å². The summed E-state index contributed by atoms with van der Waals surface area (Å²) in [6, 6.07) is 26.2. The summed E-state index contributed by atoms with van der Waals surface area (Å²) in [7, 11) is 4.34. The van der Waals surface area contributed by atoms with Gasteiger partial charge >= 0.3 is 0 Å². The molecular weight excluding hydrogens is 568 g/mol. The number of hydrogen-bond donors (Lipinski definition) is 1. The van der Waals surface area contributed by atoms with Gasteiger partial charge < -0.3 is 15.1 Å². The van der Waals surface area contributed by atoms with Gasteiger partial charge in [0.1, 0.15) is 0 Å². The normalized spacial score (nSPS) is 18.2. The summed E-state index contributed by atoms with van der Waals surface area (Å²) >= 11 is 6.91. The van der Waals surface area contributed by atoms with Gasteiger partial charge in [-0.2, -0.15) is 4.98 Å². The Morgan fingerprint density at radius 1 is 0.795 bits per heavy atom. The van der Waals surface area contributed by atoms with Crippen molar-refractivity contribution in [2.45, 2.75) is 31.1 Å². The van der Waals surface area contributed by atoms with Crippen LogP contribution in [0.3, 0.4) is 0 Å². The summed E-state index contributed by atoms with van der Waals surface area (Å²) in [5, 5.41) is 4.69. The SMILES string of the molecule is CN1CCC(c2ccc(-c3cc4cnc(Nc5ccc(C6CCN(C)C6)cc5)nc4n(-c4ccccc4)c3=O)c(Cl)c2)CC1. The van der Waals surface area contributed by atoms with Crippen molar-refractivity contribution in [3.8, 4) is 16.8 Å². The second-order valence-corrected chi connectivity index (χ2v) is 12.7. The third-order valence-electron chi connectivity index (χ3n) is 9.26. The van der Waals surface area contributed by atoms with Gasteiger partial charge in [0.05, 0.1) is 5.69 Å². The van der Waals surface area contributed by atoms with Gasteiger partial charge in [0, 0.05) is 40.0 Å². The molecule has 1 atom stereocenters. The second kappa shape index (κ2) is 12.2. The van der Waals surface area contributed by atoms with Crippen LogP contribution in [0.1, 0.15) is 42.2 Å². The highest BCUT2D eigenvalue weighted by Crippen LogP contribution is 2.35. The molecule has 5 aromatic rings. The predicted octanol–water partition coefficient (Wildman–Crippen LogP) is 7.07. The molecule has 1 unspecified atom stereocenters. The number of nitrogens with zero attached hydrogens (tertiary/aromatic N) is 5. The van der Waals surface area contributed by atoms with Gasteiger partial charge in [0.2, 0.25) is 5.95 Å². The number of benzene rings is 3. The van der Waals surface area contributed by atoms with Gasteiger partial charge in [0.25, 0.3) is 5.56 Å². The molecule has 3 aromatic carbocycles. The molecule has 0 saturated carbocycles. The number of aromatic nitrogens is 3. The fourth-order valence-electron chi connectivity index (χ4n) is 6.69. The maximum absolute atomic E-state index is 14.2. The third kappa shape index (κ3) is 5.75. The number of anilines is 2. The Hall–Kier alpha value is -4.04. The van der Waals surface area contributed by atoms with Crippen molar-refractivity contribution in [2.24, 2.45) is 0 Å². The first-order chi connectivity index (χ1) is 21.4. The van der Waals surface area contributed by atoms with E-state index in [9.17, 15) is 4.79 Å². The van der Waals surface area contributed by atoms with Gasteiger partial charge in [-0.1, -0.05) is 54.1 Å². The molecule has 2 saturated heterocycles. The maximum Gasteiger partial charge on any atom is 0.264 e. The van der Waals surface area contributed by atoms with Crippen LogP contribution in [0.4, 0.5) is 11.6 Å². The van der Waals surface area contributed by atoms with Crippen molar-refractivity contribution in [3.05, 3.63) is 112 Å². The Morgan fingerprint density at radius 2 is 1.50 bits per heavy atom. The van der Waals surface area contributed by atoms with E-state index in [1.54, 1.807) is 10.8 Å². The molecule has 7 rings (SSSR count). The standard InChI is InChI=1S/C36H37ClN6O/c1-41-17-14-25(15-18-41)26-10-13-31(33(37)21-26)32-20-28-22-38-36(40-34(28)43(35(32)44)30-6-4-3-5-7-30)39-29-11-8-24(9-12-29)27-16-19-42(2)23-27/h3-13,20-22,25,27H,14-19,23H2,1-2H3,(H,38,39,40). The first-order valence-electron chi connectivity index (χ1n) is 15.4. The van der Waals surface area contributed by atoms with Crippen LogP contribution in [0, 0.1) is 0 Å². The van der Waals surface area contributed by atoms with Gasteiger partial charge in [-0.05, 0) is 112 Å². The van der Waals surface area contributed by atoms with E-state index in [2.05, 4.69) is 64.5 Å². The van der Waals surface area contributed by atoms with Crippen molar-refractivity contribution in [1.29, 1.82) is 0 Å². The van der Waals surface area contributed by atoms with E-state index >= 15 is 0 Å². The van der Waals surface area contributed by atoms with E-state index in [-0.39, 0.29) is 5.56 Å². The summed E-state index contributed by atoms with van der Waals surface area (Å²) in [5.41, 5.74) is 5.83. The minimum Gasteiger partial charge on any atom is -0.324 e. The number of halogens is 1. The van der Waals surface area contributed by atoms with Crippen molar-refractivity contribution in [1.82, 2.24) is 24.3 Å². The zero-order valence-electron chi connectivity index (χ0n) is 25.2. The molecule has 2 aliphatic rings. The Morgan fingerprint density at radius 3 is 2.20 bits per heavy atom. The lowest BCUT2D eigenvalue weighted by molar-refractivity contribution is 0.255. The molecule has 44 heavy (non-hydrogen) atoms. The third-order valence-corrected chi connectivity index (χ3v) is 9.57. The summed E-state index contributed by atoms with van der Waals surface area (Å²) in [4.78, 5) is 28.5. The van der Waals surface area contributed by atoms with Crippen LogP contribution in [0.15, 0.2) is 89.9 Å². The Bertz CT molecular complexity index is 1850. The summed E-state index contributed by atoms with van der Waals surface area (Å²) < 4.78 is 1.67. The highest BCUT2D eigenvalue weighted by molar-refractivity contribution is 6.33. The molecule has 7 nitrogen and oxygen atoms in total. The minimum atomic E-state index is -0.173. The molecule has 8 heteroatoms. The van der Waals surface area contributed by atoms with Crippen LogP contribution in [-0.2, 0) is 0 Å². The van der Waals surface area contributed by atoms with E-state index in [1.807, 2.05) is 48.5 Å². The lowest BCUT2D eigenvalue weighted by Gasteiger charge is -2.29. The van der Waals surface area contributed by atoms with Crippen LogP contribution < -0.4 is 10.9 Å². The van der Waals surface area contributed by atoms with Crippen LogP contribution in [-0.4, -0.2) is 64.6 Å². The molecule has 2 aromatic heterocycles. The Kier molecular flexibility index (Phi) is 7.93. The van der Waals surface area contributed by atoms with Crippen LogP contribution >= 0.6 is 11.6 Å². The fourth-order valence-corrected chi connectivity index (χ4v) is 6.98. The number of para-hydroxylation sites is 1. The smallest absolute Gasteiger partial charge is 0.264 e. The largest absolute Gasteiger partial charge is 0.324 e. The van der Waals surface area contributed by atoms with Crippen molar-refractivity contribution in [2.75, 3.05) is 45.6 Å². The molecule has 1 N–H and O–H groups in total. The van der Waals surface area contributed by atoms with E-state index in [0.29, 0.717) is 34.0 Å². The highest BCUT2D eigenvalue weighted by atomic mass is 35.5. The van der Waals surface area contributed by atoms with Gasteiger partial charge in [0.15, 0.2) is 5.65 Å². The zero-order valence-corrected chi connectivity index (χ0v) is 26.0. The molecule has 0 spiro atoms. The molecule has 0 amide bonds. The van der Waals surface area contributed by atoms with Gasteiger partial charge in [-0.25, -0.2) is 4.98 Å². The topological polar surface area (TPSA) is 66.3 Å². The van der Waals surface area contributed by atoms with Crippen LogP contribution in [0.2, 0.25) is 5.02 Å². The van der Waals surface area contributed by atoms with Crippen LogP contribution in [0.25, 0.3) is 27.8 Å².